The molecule has 1 amide bonds. The van der Waals surface area contributed by atoms with Gasteiger partial charge < -0.3 is 11.1 Å². The monoisotopic (exact) mass is 248 g/mol. The maximum atomic E-state index is 11.7. The summed E-state index contributed by atoms with van der Waals surface area (Å²) in [7, 11) is 0. The molecule has 3 nitrogen and oxygen atoms in total. The third-order valence-corrected chi connectivity index (χ3v) is 3.48. The van der Waals surface area contributed by atoms with Gasteiger partial charge in [-0.1, -0.05) is 37.3 Å². The maximum absolute atomic E-state index is 11.7. The lowest BCUT2D eigenvalue weighted by atomic mass is 9.91. The average molecular weight is 248 g/mol. The van der Waals surface area contributed by atoms with Crippen LogP contribution in [0.4, 0.5) is 0 Å². The number of benzene rings is 1. The molecular weight excluding hydrogens is 224 g/mol. The molecule has 0 saturated heterocycles. The zero-order valence-electron chi connectivity index (χ0n) is 11.6. The van der Waals surface area contributed by atoms with Crippen LogP contribution >= 0.6 is 0 Å². The molecule has 0 spiro atoms. The van der Waals surface area contributed by atoms with E-state index in [1.54, 1.807) is 0 Å². The van der Waals surface area contributed by atoms with Crippen LogP contribution in [0.5, 0.6) is 0 Å². The Hall–Kier alpha value is -1.35. The van der Waals surface area contributed by atoms with Crippen LogP contribution in [0.1, 0.15) is 39.2 Å². The molecule has 1 aromatic rings. The van der Waals surface area contributed by atoms with Crippen molar-refractivity contribution in [2.75, 3.05) is 0 Å². The van der Waals surface area contributed by atoms with E-state index in [4.69, 9.17) is 5.73 Å². The van der Waals surface area contributed by atoms with Crippen LogP contribution in [-0.4, -0.2) is 17.5 Å². The summed E-state index contributed by atoms with van der Waals surface area (Å²) in [4.78, 5) is 11.7. The largest absolute Gasteiger partial charge is 0.368 e. The van der Waals surface area contributed by atoms with Gasteiger partial charge in [-0.3, -0.25) is 4.79 Å². The summed E-state index contributed by atoms with van der Waals surface area (Å²) in [6.45, 7) is 6.06. The first-order valence-electron chi connectivity index (χ1n) is 6.59. The number of nitrogens with one attached hydrogen (secondary N) is 1. The molecule has 18 heavy (non-hydrogen) atoms. The lowest BCUT2D eigenvalue weighted by Crippen LogP contribution is -2.56. The van der Waals surface area contributed by atoms with Crippen LogP contribution in [0.25, 0.3) is 0 Å². The van der Waals surface area contributed by atoms with E-state index in [0.29, 0.717) is 6.04 Å². The predicted octanol–water partition coefficient (Wildman–Crippen LogP) is 2.25. The molecule has 1 rings (SSSR count). The molecule has 0 aliphatic heterocycles. The predicted molar refractivity (Wildman–Crippen MR) is 75.3 cm³/mol. The SMILES string of the molecule is CCC(C)NC(C)(CCc1ccccc1)C(N)=O. The van der Waals surface area contributed by atoms with Crippen LogP contribution < -0.4 is 11.1 Å². The number of rotatable bonds is 7. The number of hydrogen-bond donors (Lipinski definition) is 2. The number of hydrogen-bond acceptors (Lipinski definition) is 2. The molecule has 0 aromatic heterocycles. The number of carbonyl (C=O) groups is 1. The van der Waals surface area contributed by atoms with Gasteiger partial charge in [-0.15, -0.1) is 0 Å². The Balaban J connectivity index is 2.65. The summed E-state index contributed by atoms with van der Waals surface area (Å²) < 4.78 is 0. The van der Waals surface area contributed by atoms with E-state index >= 15 is 0 Å². The van der Waals surface area contributed by atoms with E-state index in [-0.39, 0.29) is 5.91 Å². The summed E-state index contributed by atoms with van der Waals surface area (Å²) in [5, 5.41) is 3.34. The Labute approximate surface area is 110 Å². The minimum absolute atomic E-state index is 0.279. The van der Waals surface area contributed by atoms with Gasteiger partial charge in [0, 0.05) is 6.04 Å². The molecule has 0 fully saturated rings. The normalized spacial score (nSPS) is 15.9. The first kappa shape index (κ1) is 14.7. The van der Waals surface area contributed by atoms with Gasteiger partial charge in [0.25, 0.3) is 0 Å². The number of aryl methyl sites for hydroxylation is 1. The fourth-order valence-corrected chi connectivity index (χ4v) is 1.95. The summed E-state index contributed by atoms with van der Waals surface area (Å²) >= 11 is 0. The van der Waals surface area contributed by atoms with Crippen LogP contribution in [0.15, 0.2) is 30.3 Å². The third-order valence-electron chi connectivity index (χ3n) is 3.48. The third kappa shape index (κ3) is 4.15. The zero-order valence-corrected chi connectivity index (χ0v) is 11.6. The Bertz CT molecular complexity index is 377. The van der Waals surface area contributed by atoms with Gasteiger partial charge >= 0.3 is 0 Å². The first-order valence-corrected chi connectivity index (χ1v) is 6.59. The second-order valence-electron chi connectivity index (χ2n) is 5.14. The summed E-state index contributed by atoms with van der Waals surface area (Å²) in [5.41, 5.74) is 6.14. The first-order chi connectivity index (χ1) is 8.48. The van der Waals surface area contributed by atoms with Crippen molar-refractivity contribution in [2.24, 2.45) is 5.73 Å². The van der Waals surface area contributed by atoms with Crippen molar-refractivity contribution in [3.05, 3.63) is 35.9 Å². The molecular formula is C15H24N2O. The molecule has 3 N–H and O–H groups in total. The van der Waals surface area contributed by atoms with Gasteiger partial charge in [0.1, 0.15) is 0 Å². The minimum Gasteiger partial charge on any atom is -0.368 e. The second kappa shape index (κ2) is 6.55. The highest BCUT2D eigenvalue weighted by Crippen LogP contribution is 2.15. The summed E-state index contributed by atoms with van der Waals surface area (Å²) in [5.74, 6) is -0.279. The van der Waals surface area contributed by atoms with Gasteiger partial charge in [-0.25, -0.2) is 0 Å². The highest BCUT2D eigenvalue weighted by atomic mass is 16.1. The molecule has 0 radical (unpaired) electrons. The summed E-state index contributed by atoms with van der Waals surface area (Å²) in [6.07, 6.45) is 2.55. The molecule has 1 aromatic carbocycles. The van der Waals surface area contributed by atoms with Gasteiger partial charge in [0.05, 0.1) is 5.54 Å². The Morgan fingerprint density at radius 2 is 2.00 bits per heavy atom. The van der Waals surface area contributed by atoms with Crippen LogP contribution in [0.3, 0.4) is 0 Å². The molecule has 3 heteroatoms. The van der Waals surface area contributed by atoms with E-state index in [1.165, 1.54) is 5.56 Å². The van der Waals surface area contributed by atoms with Crippen molar-refractivity contribution in [1.82, 2.24) is 5.32 Å². The quantitative estimate of drug-likeness (QED) is 0.777. The number of primary amides is 1. The highest BCUT2D eigenvalue weighted by Gasteiger charge is 2.31. The van der Waals surface area contributed by atoms with Crippen molar-refractivity contribution in [3.8, 4) is 0 Å². The molecule has 2 atom stereocenters. The smallest absolute Gasteiger partial charge is 0.237 e. The molecule has 0 bridgehead atoms. The highest BCUT2D eigenvalue weighted by molar-refractivity contribution is 5.84. The Morgan fingerprint density at radius 1 is 1.39 bits per heavy atom. The van der Waals surface area contributed by atoms with Crippen molar-refractivity contribution < 1.29 is 4.79 Å². The average Bonchev–Trinajstić information content (AvgIpc) is 2.37. The van der Waals surface area contributed by atoms with Crippen molar-refractivity contribution in [1.29, 1.82) is 0 Å². The fraction of sp³-hybridized carbons (Fsp3) is 0.533. The molecule has 100 valence electrons. The number of nitrogens with two attached hydrogens (primary N) is 1. The van der Waals surface area contributed by atoms with Gasteiger partial charge in [0.2, 0.25) is 5.91 Å². The van der Waals surface area contributed by atoms with Crippen molar-refractivity contribution in [2.45, 2.75) is 51.6 Å². The molecule has 0 aliphatic rings. The van der Waals surface area contributed by atoms with E-state index in [2.05, 4.69) is 31.3 Å². The molecule has 2 unspecified atom stereocenters. The van der Waals surface area contributed by atoms with Crippen molar-refractivity contribution >= 4 is 5.91 Å². The van der Waals surface area contributed by atoms with Gasteiger partial charge in [0.15, 0.2) is 0 Å². The fourth-order valence-electron chi connectivity index (χ4n) is 1.95. The van der Waals surface area contributed by atoms with Crippen LogP contribution in [0.2, 0.25) is 0 Å². The molecule has 0 saturated carbocycles. The minimum atomic E-state index is -0.634. The van der Waals surface area contributed by atoms with Crippen molar-refractivity contribution in [3.63, 3.8) is 0 Å². The van der Waals surface area contributed by atoms with Crippen LogP contribution in [0, 0.1) is 0 Å². The topological polar surface area (TPSA) is 55.1 Å². The van der Waals surface area contributed by atoms with Crippen LogP contribution in [-0.2, 0) is 11.2 Å². The Kier molecular flexibility index (Phi) is 5.35. The van der Waals surface area contributed by atoms with E-state index in [0.717, 1.165) is 19.3 Å². The maximum Gasteiger partial charge on any atom is 0.237 e. The van der Waals surface area contributed by atoms with E-state index in [1.807, 2.05) is 25.1 Å². The zero-order chi connectivity index (χ0) is 13.6. The lowest BCUT2D eigenvalue weighted by Gasteiger charge is -2.31. The number of amides is 1. The Morgan fingerprint density at radius 3 is 2.50 bits per heavy atom. The molecule has 0 aliphatic carbocycles. The standard InChI is InChI=1S/C15H24N2O/c1-4-12(2)17-15(3,14(16)18)11-10-13-8-6-5-7-9-13/h5-9,12,17H,4,10-11H2,1-3H3,(H2,16,18). The number of carbonyl (C=O) groups excluding carboxylic acids is 1. The summed E-state index contributed by atoms with van der Waals surface area (Å²) in [6, 6.07) is 10.5. The van der Waals surface area contributed by atoms with E-state index in [9.17, 15) is 4.79 Å². The molecule has 0 heterocycles. The van der Waals surface area contributed by atoms with E-state index < -0.39 is 5.54 Å². The van der Waals surface area contributed by atoms with Gasteiger partial charge in [-0.2, -0.15) is 0 Å². The second-order valence-corrected chi connectivity index (χ2v) is 5.14. The van der Waals surface area contributed by atoms with Gasteiger partial charge in [-0.05, 0) is 38.7 Å². The lowest BCUT2D eigenvalue weighted by molar-refractivity contribution is -0.124.